The van der Waals surface area contributed by atoms with E-state index in [0.717, 1.165) is 55.1 Å². The molecule has 0 amide bonds. The maximum absolute atomic E-state index is 6.38. The molecule has 2 aromatic heterocycles. The van der Waals surface area contributed by atoms with Gasteiger partial charge in [-0.2, -0.15) is 5.10 Å². The third-order valence-electron chi connectivity index (χ3n) is 4.94. The molecule has 3 heterocycles. The maximum Gasteiger partial charge on any atom is 0.158 e. The summed E-state index contributed by atoms with van der Waals surface area (Å²) in [5.74, 6) is 0.763. The molecule has 6 nitrogen and oxygen atoms in total. The number of likely N-dealkylation sites (tertiary alicyclic amines) is 1. The van der Waals surface area contributed by atoms with Gasteiger partial charge in [0.05, 0.1) is 10.7 Å². The molecule has 0 bridgehead atoms. The largest absolute Gasteiger partial charge is 0.337 e. The van der Waals surface area contributed by atoms with Crippen molar-refractivity contribution in [3.05, 3.63) is 52.9 Å². The topological polar surface area (TPSA) is 71.5 Å². The van der Waals surface area contributed by atoms with Crippen LogP contribution in [-0.2, 0) is 6.54 Å². The van der Waals surface area contributed by atoms with E-state index in [1.165, 1.54) is 5.56 Å². The second-order valence-corrected chi connectivity index (χ2v) is 7.37. The van der Waals surface area contributed by atoms with Gasteiger partial charge in [0.15, 0.2) is 5.82 Å². The van der Waals surface area contributed by atoms with Gasteiger partial charge in [0.1, 0.15) is 11.8 Å². The highest BCUT2D eigenvalue weighted by atomic mass is 35.5. The molecule has 0 atom stereocenters. The number of aromatic nitrogens is 3. The highest BCUT2D eigenvalue weighted by Crippen LogP contribution is 2.29. The molecular formula is C19H23ClN6. The van der Waals surface area contributed by atoms with Gasteiger partial charge < -0.3 is 11.1 Å². The van der Waals surface area contributed by atoms with Gasteiger partial charge in [-0.05, 0) is 62.2 Å². The lowest BCUT2D eigenvalue weighted by atomic mass is 10.1. The van der Waals surface area contributed by atoms with E-state index in [9.17, 15) is 0 Å². The Morgan fingerprint density at radius 2 is 2.08 bits per heavy atom. The molecule has 3 aromatic rings. The lowest BCUT2D eigenvalue weighted by molar-refractivity contribution is 0.206. The number of nitrogens with zero attached hydrogens (tertiary/aromatic N) is 4. The fourth-order valence-electron chi connectivity index (χ4n) is 3.44. The Morgan fingerprint density at radius 1 is 1.27 bits per heavy atom. The normalized spacial score (nSPS) is 16.3. The molecule has 4 rings (SSSR count). The van der Waals surface area contributed by atoms with Crippen LogP contribution in [0.4, 0.5) is 11.5 Å². The van der Waals surface area contributed by atoms with Crippen LogP contribution in [0.5, 0.6) is 0 Å². The molecule has 1 fully saturated rings. The van der Waals surface area contributed by atoms with Crippen LogP contribution >= 0.6 is 11.6 Å². The summed E-state index contributed by atoms with van der Waals surface area (Å²) in [6.45, 7) is 4.94. The minimum Gasteiger partial charge on any atom is -0.337 e. The van der Waals surface area contributed by atoms with E-state index in [4.69, 9.17) is 17.3 Å². The zero-order valence-electron chi connectivity index (χ0n) is 14.8. The fourth-order valence-corrected chi connectivity index (χ4v) is 3.72. The van der Waals surface area contributed by atoms with Crippen LogP contribution in [0.15, 0.2) is 36.8 Å². The third kappa shape index (κ3) is 3.53. The van der Waals surface area contributed by atoms with Gasteiger partial charge in [-0.25, -0.2) is 9.50 Å². The summed E-state index contributed by atoms with van der Waals surface area (Å²) in [6.07, 6.45) is 5.63. The molecule has 0 saturated carbocycles. The number of halogens is 1. The van der Waals surface area contributed by atoms with Crippen LogP contribution in [0.25, 0.3) is 5.52 Å². The predicted octanol–water partition coefficient (Wildman–Crippen LogP) is 3.36. The van der Waals surface area contributed by atoms with Gasteiger partial charge in [0, 0.05) is 18.8 Å². The molecule has 0 aliphatic carbocycles. The Labute approximate surface area is 158 Å². The quantitative estimate of drug-likeness (QED) is 0.736. The first-order valence-electron chi connectivity index (χ1n) is 8.92. The predicted molar refractivity (Wildman–Crippen MR) is 105 cm³/mol. The van der Waals surface area contributed by atoms with Gasteiger partial charge in [-0.15, -0.1) is 0 Å². The number of anilines is 2. The standard InChI is InChI=1S/C19H23ClN6/c1-13-2-3-17(16(20)10-13)24-19-18-14(4-9-26(18)23-12-22-19)11-25-7-5-15(21)6-8-25/h2-4,9-10,12,15H,5-8,11,21H2,1H3,(H,22,23,24). The van der Waals surface area contributed by atoms with Crippen molar-refractivity contribution in [2.24, 2.45) is 5.73 Å². The highest BCUT2D eigenvalue weighted by Gasteiger charge is 2.19. The lowest BCUT2D eigenvalue weighted by Crippen LogP contribution is -2.39. The fraction of sp³-hybridized carbons (Fsp3) is 0.368. The van der Waals surface area contributed by atoms with Crippen molar-refractivity contribution in [2.75, 3.05) is 18.4 Å². The van der Waals surface area contributed by atoms with Crippen LogP contribution < -0.4 is 11.1 Å². The monoisotopic (exact) mass is 370 g/mol. The number of piperidine rings is 1. The molecule has 1 saturated heterocycles. The Hall–Kier alpha value is -2.15. The lowest BCUT2D eigenvalue weighted by Gasteiger charge is -2.29. The van der Waals surface area contributed by atoms with E-state index < -0.39 is 0 Å². The van der Waals surface area contributed by atoms with Crippen LogP contribution in [0, 0.1) is 6.92 Å². The molecule has 0 spiro atoms. The first kappa shape index (κ1) is 17.3. The van der Waals surface area contributed by atoms with Crippen LogP contribution in [0.2, 0.25) is 5.02 Å². The Balaban J connectivity index is 1.64. The summed E-state index contributed by atoms with van der Waals surface area (Å²) in [7, 11) is 0. The van der Waals surface area contributed by atoms with Crippen LogP contribution in [0.1, 0.15) is 24.0 Å². The SMILES string of the molecule is Cc1ccc(Nc2ncnn3ccc(CN4CCC(N)CC4)c23)c(Cl)c1. The van der Waals surface area contributed by atoms with Crippen molar-refractivity contribution in [1.82, 2.24) is 19.5 Å². The van der Waals surface area contributed by atoms with Crippen molar-refractivity contribution in [1.29, 1.82) is 0 Å². The van der Waals surface area contributed by atoms with Crippen LogP contribution in [-0.4, -0.2) is 38.6 Å². The number of fused-ring (bicyclic) bond motifs is 1. The van der Waals surface area contributed by atoms with E-state index >= 15 is 0 Å². The minimum absolute atomic E-state index is 0.335. The highest BCUT2D eigenvalue weighted by molar-refractivity contribution is 6.33. The first-order chi connectivity index (χ1) is 12.6. The third-order valence-corrected chi connectivity index (χ3v) is 5.25. The molecule has 136 valence electrons. The second kappa shape index (κ2) is 7.23. The Bertz CT molecular complexity index is 914. The van der Waals surface area contributed by atoms with E-state index in [1.807, 2.05) is 35.8 Å². The zero-order valence-corrected chi connectivity index (χ0v) is 15.6. The molecule has 1 aromatic carbocycles. The average molecular weight is 371 g/mol. The molecule has 0 unspecified atom stereocenters. The van der Waals surface area contributed by atoms with Gasteiger partial charge in [0.25, 0.3) is 0 Å². The zero-order chi connectivity index (χ0) is 18.1. The molecule has 0 radical (unpaired) electrons. The number of nitrogens with two attached hydrogens (primary N) is 1. The molecular weight excluding hydrogens is 348 g/mol. The van der Waals surface area contributed by atoms with E-state index in [1.54, 1.807) is 6.33 Å². The van der Waals surface area contributed by atoms with E-state index in [0.29, 0.717) is 11.1 Å². The summed E-state index contributed by atoms with van der Waals surface area (Å²) in [5, 5.41) is 8.39. The van der Waals surface area contributed by atoms with Crippen molar-refractivity contribution in [3.63, 3.8) is 0 Å². The Kier molecular flexibility index (Phi) is 4.80. The maximum atomic E-state index is 6.38. The minimum atomic E-state index is 0.335. The van der Waals surface area contributed by atoms with Gasteiger partial charge >= 0.3 is 0 Å². The van der Waals surface area contributed by atoms with Crippen LogP contribution in [0.3, 0.4) is 0 Å². The van der Waals surface area contributed by atoms with Crippen molar-refractivity contribution >= 4 is 28.6 Å². The summed E-state index contributed by atoms with van der Waals surface area (Å²) >= 11 is 6.38. The van der Waals surface area contributed by atoms with E-state index in [2.05, 4.69) is 26.4 Å². The van der Waals surface area contributed by atoms with Crippen molar-refractivity contribution < 1.29 is 0 Å². The number of benzene rings is 1. The molecule has 1 aliphatic rings. The average Bonchev–Trinajstić information content (AvgIpc) is 3.03. The summed E-state index contributed by atoms with van der Waals surface area (Å²) in [4.78, 5) is 6.90. The van der Waals surface area contributed by atoms with Gasteiger partial charge in [-0.1, -0.05) is 17.7 Å². The number of hydrogen-bond donors (Lipinski definition) is 2. The van der Waals surface area contributed by atoms with Crippen molar-refractivity contribution in [2.45, 2.75) is 32.4 Å². The molecule has 3 N–H and O–H groups in total. The van der Waals surface area contributed by atoms with Gasteiger partial charge in [-0.3, -0.25) is 4.90 Å². The van der Waals surface area contributed by atoms with Crippen molar-refractivity contribution in [3.8, 4) is 0 Å². The second-order valence-electron chi connectivity index (χ2n) is 6.96. The molecule has 7 heteroatoms. The number of rotatable bonds is 4. The summed E-state index contributed by atoms with van der Waals surface area (Å²) in [5.41, 5.74) is 10.2. The smallest absolute Gasteiger partial charge is 0.158 e. The summed E-state index contributed by atoms with van der Waals surface area (Å²) < 4.78 is 1.86. The number of aryl methyl sites for hydroxylation is 1. The molecule has 26 heavy (non-hydrogen) atoms. The Morgan fingerprint density at radius 3 is 2.85 bits per heavy atom. The van der Waals surface area contributed by atoms with E-state index in [-0.39, 0.29) is 0 Å². The molecule has 1 aliphatic heterocycles. The number of nitrogens with one attached hydrogen (secondary N) is 1. The first-order valence-corrected chi connectivity index (χ1v) is 9.30. The summed E-state index contributed by atoms with van der Waals surface area (Å²) in [6, 6.07) is 8.40. The number of hydrogen-bond acceptors (Lipinski definition) is 5. The van der Waals surface area contributed by atoms with Gasteiger partial charge in [0.2, 0.25) is 0 Å².